The fraction of sp³-hybridized carbons (Fsp3) is 0.833. The summed E-state index contributed by atoms with van der Waals surface area (Å²) in [5.74, 6) is 2.42. The number of hydrogen-bond donors (Lipinski definition) is 0. The lowest BCUT2D eigenvalue weighted by Crippen LogP contribution is -2.11. The Kier molecular flexibility index (Phi) is 2.43. The third-order valence-corrected chi connectivity index (χ3v) is 4.12. The summed E-state index contributed by atoms with van der Waals surface area (Å²) < 4.78 is 12.0. The van der Waals surface area contributed by atoms with Gasteiger partial charge in [-0.3, -0.25) is 0 Å². The molecule has 2 saturated heterocycles. The predicted molar refractivity (Wildman–Crippen MR) is 43.9 cm³/mol. The van der Waals surface area contributed by atoms with Gasteiger partial charge in [0.2, 0.25) is 0 Å². The minimum Gasteiger partial charge on any atom is -0.348 e. The molecular formula is C6H9O2S2. The largest absolute Gasteiger partial charge is 0.348 e. The van der Waals surface area contributed by atoms with Crippen molar-refractivity contribution in [2.75, 3.05) is 24.7 Å². The first kappa shape index (κ1) is 7.28. The van der Waals surface area contributed by atoms with Crippen molar-refractivity contribution in [3.05, 3.63) is 4.58 Å². The minimum atomic E-state index is -0.00231. The van der Waals surface area contributed by atoms with Crippen LogP contribution in [0.5, 0.6) is 0 Å². The van der Waals surface area contributed by atoms with Gasteiger partial charge >= 0.3 is 0 Å². The Morgan fingerprint density at radius 3 is 2.30 bits per heavy atom. The highest BCUT2D eigenvalue weighted by Gasteiger charge is 2.31. The van der Waals surface area contributed by atoms with E-state index >= 15 is 0 Å². The van der Waals surface area contributed by atoms with E-state index in [0.717, 1.165) is 13.2 Å². The molecule has 0 aromatic carbocycles. The molecule has 0 spiro atoms. The van der Waals surface area contributed by atoms with Gasteiger partial charge < -0.3 is 9.47 Å². The number of thioether (sulfide) groups is 2. The molecule has 0 bridgehead atoms. The van der Waals surface area contributed by atoms with Crippen LogP contribution in [-0.2, 0) is 9.47 Å². The van der Waals surface area contributed by atoms with Gasteiger partial charge in [-0.05, 0) is 0 Å². The Morgan fingerprint density at radius 1 is 1.10 bits per heavy atom. The fourth-order valence-electron chi connectivity index (χ4n) is 0.957. The van der Waals surface area contributed by atoms with E-state index in [0.29, 0.717) is 0 Å². The van der Waals surface area contributed by atoms with E-state index in [1.807, 2.05) is 23.5 Å². The quantitative estimate of drug-likeness (QED) is 0.601. The van der Waals surface area contributed by atoms with Crippen molar-refractivity contribution in [2.24, 2.45) is 0 Å². The summed E-state index contributed by atoms with van der Waals surface area (Å²) in [6.07, 6.45) is -0.00231. The highest BCUT2D eigenvalue weighted by Crippen LogP contribution is 2.43. The number of hydrogen-bond acceptors (Lipinski definition) is 4. The van der Waals surface area contributed by atoms with Crippen LogP contribution in [0.15, 0.2) is 0 Å². The molecular weight excluding hydrogens is 168 g/mol. The molecule has 0 aliphatic carbocycles. The van der Waals surface area contributed by atoms with Gasteiger partial charge in [0, 0.05) is 11.5 Å². The van der Waals surface area contributed by atoms with Crippen molar-refractivity contribution < 1.29 is 9.47 Å². The van der Waals surface area contributed by atoms with Gasteiger partial charge in [0.05, 0.1) is 13.2 Å². The van der Waals surface area contributed by atoms with Crippen LogP contribution in [0.2, 0.25) is 0 Å². The monoisotopic (exact) mass is 177 g/mol. The molecule has 57 valence electrons. The van der Waals surface area contributed by atoms with Gasteiger partial charge in [0.25, 0.3) is 0 Å². The zero-order valence-electron chi connectivity index (χ0n) is 5.54. The van der Waals surface area contributed by atoms with Gasteiger partial charge in [-0.2, -0.15) is 0 Å². The topological polar surface area (TPSA) is 18.5 Å². The summed E-state index contributed by atoms with van der Waals surface area (Å²) in [7, 11) is 0. The number of rotatable bonds is 1. The van der Waals surface area contributed by atoms with E-state index in [1.54, 1.807) is 0 Å². The molecule has 0 aromatic heterocycles. The zero-order valence-corrected chi connectivity index (χ0v) is 7.17. The van der Waals surface area contributed by atoms with Gasteiger partial charge in [-0.25, -0.2) is 0 Å². The smallest absolute Gasteiger partial charge is 0.183 e. The molecule has 0 N–H and O–H groups in total. The lowest BCUT2D eigenvalue weighted by Gasteiger charge is -2.12. The summed E-state index contributed by atoms with van der Waals surface area (Å²) in [6.45, 7) is 1.52. The third-order valence-electron chi connectivity index (χ3n) is 1.39. The first-order chi connectivity index (χ1) is 4.97. The molecule has 0 aromatic rings. The molecule has 2 rings (SSSR count). The first-order valence-electron chi connectivity index (χ1n) is 3.32. The maximum atomic E-state index is 5.34. The Balaban J connectivity index is 1.85. The SMILES string of the molecule is C1COC([C]2SCCS2)O1. The van der Waals surface area contributed by atoms with Crippen LogP contribution in [0.1, 0.15) is 0 Å². The number of ether oxygens (including phenoxy) is 2. The normalized spacial score (nSPS) is 30.0. The zero-order chi connectivity index (χ0) is 6.81. The summed E-state index contributed by atoms with van der Waals surface area (Å²) in [6, 6.07) is 0. The molecule has 0 saturated carbocycles. The van der Waals surface area contributed by atoms with Gasteiger partial charge in [-0.15, -0.1) is 23.5 Å². The fourth-order valence-corrected chi connectivity index (χ4v) is 3.40. The summed E-state index contributed by atoms with van der Waals surface area (Å²) in [5, 5.41) is 0. The van der Waals surface area contributed by atoms with E-state index < -0.39 is 0 Å². The van der Waals surface area contributed by atoms with Gasteiger partial charge in [0.1, 0.15) is 4.58 Å². The van der Waals surface area contributed by atoms with E-state index in [9.17, 15) is 0 Å². The average molecular weight is 177 g/mol. The molecule has 2 aliphatic rings. The second-order valence-electron chi connectivity index (χ2n) is 2.09. The Hall–Kier alpha value is 0.620. The molecule has 2 fully saturated rings. The van der Waals surface area contributed by atoms with Crippen molar-refractivity contribution in [3.8, 4) is 0 Å². The van der Waals surface area contributed by atoms with Crippen LogP contribution in [0.4, 0.5) is 0 Å². The van der Waals surface area contributed by atoms with E-state index in [1.165, 1.54) is 16.1 Å². The molecule has 10 heavy (non-hydrogen) atoms. The van der Waals surface area contributed by atoms with Crippen molar-refractivity contribution in [3.63, 3.8) is 0 Å². The second-order valence-corrected chi connectivity index (χ2v) is 4.62. The summed E-state index contributed by atoms with van der Waals surface area (Å²) >= 11 is 3.74. The Labute approximate surface area is 69.0 Å². The van der Waals surface area contributed by atoms with Gasteiger partial charge in [0.15, 0.2) is 6.29 Å². The van der Waals surface area contributed by atoms with Crippen LogP contribution in [0.3, 0.4) is 0 Å². The predicted octanol–water partition coefficient (Wildman–Crippen LogP) is 1.33. The molecule has 4 heteroatoms. The van der Waals surface area contributed by atoms with Crippen LogP contribution < -0.4 is 0 Å². The third kappa shape index (κ3) is 1.44. The van der Waals surface area contributed by atoms with Crippen LogP contribution in [0.25, 0.3) is 0 Å². The average Bonchev–Trinajstić information content (AvgIpc) is 2.59. The standard InChI is InChI=1S/C6H9O2S2/c1-2-8-5(7-1)6-9-3-4-10-6/h5H,1-4H2. The van der Waals surface area contributed by atoms with Crippen molar-refractivity contribution in [1.82, 2.24) is 0 Å². The van der Waals surface area contributed by atoms with Crippen molar-refractivity contribution in [1.29, 1.82) is 0 Å². The molecule has 2 heterocycles. The first-order valence-corrected chi connectivity index (χ1v) is 5.29. The maximum absolute atomic E-state index is 5.34. The Morgan fingerprint density at radius 2 is 1.70 bits per heavy atom. The molecule has 2 aliphatic heterocycles. The van der Waals surface area contributed by atoms with Crippen LogP contribution >= 0.6 is 23.5 Å². The van der Waals surface area contributed by atoms with Crippen molar-refractivity contribution >= 4 is 23.5 Å². The van der Waals surface area contributed by atoms with Crippen molar-refractivity contribution in [2.45, 2.75) is 6.29 Å². The highest BCUT2D eigenvalue weighted by molar-refractivity contribution is 8.23. The van der Waals surface area contributed by atoms with E-state index in [2.05, 4.69) is 0 Å². The van der Waals surface area contributed by atoms with Crippen LogP contribution in [-0.4, -0.2) is 31.0 Å². The molecule has 1 radical (unpaired) electrons. The molecule has 0 amide bonds. The maximum Gasteiger partial charge on any atom is 0.183 e. The minimum absolute atomic E-state index is 0.00231. The van der Waals surface area contributed by atoms with Gasteiger partial charge in [-0.1, -0.05) is 0 Å². The highest BCUT2D eigenvalue weighted by atomic mass is 32.2. The van der Waals surface area contributed by atoms with E-state index in [-0.39, 0.29) is 6.29 Å². The summed E-state index contributed by atoms with van der Waals surface area (Å²) in [4.78, 5) is 0. The lowest BCUT2D eigenvalue weighted by atomic mass is 10.7. The van der Waals surface area contributed by atoms with Crippen LogP contribution in [0, 0.1) is 4.58 Å². The summed E-state index contributed by atoms with van der Waals surface area (Å²) in [5.41, 5.74) is 0. The molecule has 0 atom stereocenters. The lowest BCUT2D eigenvalue weighted by molar-refractivity contribution is -0.0106. The Bertz CT molecular complexity index is 94.3. The second kappa shape index (κ2) is 3.34. The molecule has 2 nitrogen and oxygen atoms in total. The molecule has 0 unspecified atom stereocenters. The van der Waals surface area contributed by atoms with E-state index in [4.69, 9.17) is 9.47 Å².